The molecule has 0 aromatic heterocycles. The van der Waals surface area contributed by atoms with Gasteiger partial charge in [-0.2, -0.15) is 0 Å². The van der Waals surface area contributed by atoms with Gasteiger partial charge in [-0.25, -0.2) is 0 Å². The second-order valence-corrected chi connectivity index (χ2v) is 4.98. The Kier molecular flexibility index (Phi) is 4.85. The third-order valence-corrected chi connectivity index (χ3v) is 3.07. The first kappa shape index (κ1) is 14.2. The average Bonchev–Trinajstić information content (AvgIpc) is 2.37. The Morgan fingerprint density at radius 3 is 2.39 bits per heavy atom. The minimum Gasteiger partial charge on any atom is -0.299 e. The maximum absolute atomic E-state index is 12.1. The van der Waals surface area contributed by atoms with E-state index in [1.54, 1.807) is 24.3 Å². The van der Waals surface area contributed by atoms with Crippen LogP contribution in [0.1, 0.15) is 43.5 Å². The molecule has 94 valence electrons. The van der Waals surface area contributed by atoms with Crippen LogP contribution in [0.2, 0.25) is 0 Å². The standard InChI is InChI=1S/C16H18O2/c1-4-5-11-16(2,3)15(18)12-14(17)13-9-7-6-8-10-13/h1,6-10H,5,11-12H2,2-3H3. The first-order valence-corrected chi connectivity index (χ1v) is 6.02. The van der Waals surface area contributed by atoms with E-state index in [0.717, 1.165) is 0 Å². The largest absolute Gasteiger partial charge is 0.299 e. The summed E-state index contributed by atoms with van der Waals surface area (Å²) in [7, 11) is 0. The lowest BCUT2D eigenvalue weighted by Gasteiger charge is -2.21. The molecular formula is C16H18O2. The maximum atomic E-state index is 12.1. The van der Waals surface area contributed by atoms with Crippen LogP contribution in [-0.2, 0) is 4.79 Å². The molecular weight excluding hydrogens is 224 g/mol. The molecule has 0 heterocycles. The molecule has 1 rings (SSSR count). The van der Waals surface area contributed by atoms with E-state index in [9.17, 15) is 9.59 Å². The summed E-state index contributed by atoms with van der Waals surface area (Å²) in [6, 6.07) is 8.88. The van der Waals surface area contributed by atoms with E-state index in [1.165, 1.54) is 0 Å². The number of Topliss-reactive ketones (excluding diaryl/α,β-unsaturated/α-hetero) is 2. The van der Waals surface area contributed by atoms with Crippen LogP contribution in [0.15, 0.2) is 30.3 Å². The summed E-state index contributed by atoms with van der Waals surface area (Å²) >= 11 is 0. The van der Waals surface area contributed by atoms with Gasteiger partial charge < -0.3 is 0 Å². The lowest BCUT2D eigenvalue weighted by molar-refractivity contribution is -0.126. The molecule has 1 aromatic rings. The third-order valence-electron chi connectivity index (χ3n) is 3.07. The molecule has 18 heavy (non-hydrogen) atoms. The van der Waals surface area contributed by atoms with Crippen LogP contribution in [0, 0.1) is 17.8 Å². The average molecular weight is 242 g/mol. The molecule has 0 radical (unpaired) electrons. The van der Waals surface area contributed by atoms with Crippen LogP contribution >= 0.6 is 0 Å². The molecule has 0 aliphatic heterocycles. The molecule has 0 aliphatic carbocycles. The smallest absolute Gasteiger partial charge is 0.170 e. The lowest BCUT2D eigenvalue weighted by atomic mass is 9.81. The summed E-state index contributed by atoms with van der Waals surface area (Å²) in [4.78, 5) is 24.0. The summed E-state index contributed by atoms with van der Waals surface area (Å²) in [6.45, 7) is 3.68. The van der Waals surface area contributed by atoms with Crippen molar-refractivity contribution in [1.82, 2.24) is 0 Å². The lowest BCUT2D eigenvalue weighted by Crippen LogP contribution is -2.26. The minimum absolute atomic E-state index is 0.0494. The first-order chi connectivity index (χ1) is 8.47. The quantitative estimate of drug-likeness (QED) is 0.436. The zero-order chi connectivity index (χ0) is 13.6. The number of rotatable bonds is 6. The fourth-order valence-electron chi connectivity index (χ4n) is 1.64. The predicted octanol–water partition coefficient (Wildman–Crippen LogP) is 3.27. The number of terminal acetylenes is 1. The molecule has 0 aliphatic rings. The highest BCUT2D eigenvalue weighted by molar-refractivity contribution is 6.09. The van der Waals surface area contributed by atoms with Crippen molar-refractivity contribution in [3.63, 3.8) is 0 Å². The number of hydrogen-bond donors (Lipinski definition) is 0. The first-order valence-electron chi connectivity index (χ1n) is 6.02. The Balaban J connectivity index is 2.66. The summed E-state index contributed by atoms with van der Waals surface area (Å²) in [6.07, 6.45) is 6.32. The van der Waals surface area contributed by atoms with Crippen molar-refractivity contribution in [2.45, 2.75) is 33.1 Å². The van der Waals surface area contributed by atoms with Gasteiger partial charge in [0.2, 0.25) is 0 Å². The summed E-state index contributed by atoms with van der Waals surface area (Å²) in [5.74, 6) is 2.35. The molecule has 2 heteroatoms. The second kappa shape index (κ2) is 6.16. The molecule has 0 bridgehead atoms. The predicted molar refractivity (Wildman–Crippen MR) is 72.2 cm³/mol. The van der Waals surface area contributed by atoms with E-state index in [-0.39, 0.29) is 18.0 Å². The molecule has 0 unspecified atom stereocenters. The van der Waals surface area contributed by atoms with Crippen molar-refractivity contribution in [2.75, 3.05) is 0 Å². The van der Waals surface area contributed by atoms with Crippen LogP contribution in [0.5, 0.6) is 0 Å². The van der Waals surface area contributed by atoms with Gasteiger partial charge in [0.05, 0.1) is 6.42 Å². The highest BCUT2D eigenvalue weighted by atomic mass is 16.1. The SMILES string of the molecule is C#CCCC(C)(C)C(=O)CC(=O)c1ccccc1. The van der Waals surface area contributed by atoms with Crippen molar-refractivity contribution in [1.29, 1.82) is 0 Å². The molecule has 0 N–H and O–H groups in total. The fraction of sp³-hybridized carbons (Fsp3) is 0.375. The molecule has 0 spiro atoms. The summed E-state index contributed by atoms with van der Waals surface area (Å²) in [5.41, 5.74) is 0.0511. The van der Waals surface area contributed by atoms with E-state index in [0.29, 0.717) is 18.4 Å². The summed E-state index contributed by atoms with van der Waals surface area (Å²) in [5, 5.41) is 0. The highest BCUT2D eigenvalue weighted by Gasteiger charge is 2.28. The van der Waals surface area contributed by atoms with Crippen molar-refractivity contribution in [3.05, 3.63) is 35.9 Å². The van der Waals surface area contributed by atoms with Crippen molar-refractivity contribution in [2.24, 2.45) is 5.41 Å². The molecule has 2 nitrogen and oxygen atoms in total. The van der Waals surface area contributed by atoms with Crippen LogP contribution < -0.4 is 0 Å². The van der Waals surface area contributed by atoms with Gasteiger partial charge in [0.25, 0.3) is 0 Å². The van der Waals surface area contributed by atoms with Crippen molar-refractivity contribution in [3.8, 4) is 12.3 Å². The van der Waals surface area contributed by atoms with Gasteiger partial charge in [-0.1, -0.05) is 44.2 Å². The topological polar surface area (TPSA) is 34.1 Å². The van der Waals surface area contributed by atoms with Gasteiger partial charge in [-0.05, 0) is 6.42 Å². The molecule has 0 saturated heterocycles. The normalized spacial score (nSPS) is 10.7. The molecule has 1 aromatic carbocycles. The zero-order valence-electron chi connectivity index (χ0n) is 10.9. The number of carbonyl (C=O) groups is 2. The third kappa shape index (κ3) is 3.85. The van der Waals surface area contributed by atoms with E-state index in [2.05, 4.69) is 5.92 Å². The molecule has 0 saturated carbocycles. The fourth-order valence-corrected chi connectivity index (χ4v) is 1.64. The minimum atomic E-state index is -0.531. The van der Waals surface area contributed by atoms with Crippen molar-refractivity contribution >= 4 is 11.6 Å². The van der Waals surface area contributed by atoms with Crippen LogP contribution in [0.25, 0.3) is 0 Å². The Labute approximate surface area is 108 Å². The second-order valence-electron chi connectivity index (χ2n) is 4.98. The molecule has 0 fully saturated rings. The van der Waals surface area contributed by atoms with E-state index in [1.807, 2.05) is 19.9 Å². The Hall–Kier alpha value is -1.88. The van der Waals surface area contributed by atoms with Crippen LogP contribution in [0.3, 0.4) is 0 Å². The zero-order valence-corrected chi connectivity index (χ0v) is 10.9. The Morgan fingerprint density at radius 1 is 1.22 bits per heavy atom. The Bertz CT molecular complexity index is 464. The monoisotopic (exact) mass is 242 g/mol. The van der Waals surface area contributed by atoms with Gasteiger partial charge in [-0.15, -0.1) is 12.3 Å². The van der Waals surface area contributed by atoms with Crippen LogP contribution in [-0.4, -0.2) is 11.6 Å². The van der Waals surface area contributed by atoms with Crippen LogP contribution in [0.4, 0.5) is 0 Å². The molecule has 0 atom stereocenters. The Morgan fingerprint density at radius 2 is 1.83 bits per heavy atom. The van der Waals surface area contributed by atoms with Gasteiger partial charge in [0.1, 0.15) is 5.78 Å². The molecule has 0 amide bonds. The highest BCUT2D eigenvalue weighted by Crippen LogP contribution is 2.25. The summed E-state index contributed by atoms with van der Waals surface area (Å²) < 4.78 is 0. The van der Waals surface area contributed by atoms with Gasteiger partial charge in [-0.3, -0.25) is 9.59 Å². The number of ketones is 2. The van der Waals surface area contributed by atoms with Gasteiger partial charge in [0, 0.05) is 17.4 Å². The van der Waals surface area contributed by atoms with E-state index in [4.69, 9.17) is 6.42 Å². The maximum Gasteiger partial charge on any atom is 0.170 e. The number of carbonyl (C=O) groups excluding carboxylic acids is 2. The number of hydrogen-bond acceptors (Lipinski definition) is 2. The van der Waals surface area contributed by atoms with Gasteiger partial charge >= 0.3 is 0 Å². The van der Waals surface area contributed by atoms with E-state index < -0.39 is 5.41 Å². The van der Waals surface area contributed by atoms with E-state index >= 15 is 0 Å². The van der Waals surface area contributed by atoms with Crippen molar-refractivity contribution < 1.29 is 9.59 Å². The van der Waals surface area contributed by atoms with Gasteiger partial charge in [0.15, 0.2) is 5.78 Å². The number of benzene rings is 1.